The summed E-state index contributed by atoms with van der Waals surface area (Å²) in [5.41, 5.74) is 9.02. The molecule has 0 bridgehead atoms. The molecule has 0 radical (unpaired) electrons. The van der Waals surface area contributed by atoms with Gasteiger partial charge in [-0.2, -0.15) is 0 Å². The van der Waals surface area contributed by atoms with Crippen LogP contribution in [0, 0.1) is 0 Å². The van der Waals surface area contributed by atoms with Crippen molar-refractivity contribution in [3.05, 3.63) is 96.3 Å². The first-order valence-corrected chi connectivity index (χ1v) is 13.1. The lowest BCUT2D eigenvalue weighted by molar-refractivity contribution is 0.297. The highest BCUT2D eigenvalue weighted by atomic mass is 32.2. The second-order valence-corrected chi connectivity index (χ2v) is 10.3. The van der Waals surface area contributed by atoms with Crippen LogP contribution in [0.2, 0.25) is 0 Å². The zero-order chi connectivity index (χ0) is 23.9. The monoisotopic (exact) mass is 502 g/mol. The molecule has 4 N–H and O–H groups in total. The van der Waals surface area contributed by atoms with Gasteiger partial charge in [-0.25, -0.2) is 9.97 Å². The molecule has 5 rings (SSSR count). The predicted octanol–water partition coefficient (Wildman–Crippen LogP) is 5.38. The molecule has 35 heavy (non-hydrogen) atoms. The molecule has 2 aromatic heterocycles. The van der Waals surface area contributed by atoms with Gasteiger partial charge in [0.25, 0.3) is 0 Å². The zero-order valence-electron chi connectivity index (χ0n) is 19.1. The van der Waals surface area contributed by atoms with Crippen LogP contribution < -0.4 is 21.1 Å². The van der Waals surface area contributed by atoms with Crippen molar-refractivity contribution in [2.24, 2.45) is 5.73 Å². The summed E-state index contributed by atoms with van der Waals surface area (Å²) in [6.07, 6.45) is 4.21. The summed E-state index contributed by atoms with van der Waals surface area (Å²) in [6, 6.07) is 24.0. The predicted molar refractivity (Wildman–Crippen MR) is 143 cm³/mol. The number of ether oxygens (including phenoxy) is 1. The van der Waals surface area contributed by atoms with Crippen molar-refractivity contribution in [1.82, 2.24) is 15.0 Å². The van der Waals surface area contributed by atoms with Gasteiger partial charge in [0.15, 0.2) is 5.16 Å². The Morgan fingerprint density at radius 1 is 0.971 bits per heavy atom. The summed E-state index contributed by atoms with van der Waals surface area (Å²) < 4.78 is 5.88. The van der Waals surface area contributed by atoms with Crippen molar-refractivity contribution >= 4 is 35.2 Å². The summed E-state index contributed by atoms with van der Waals surface area (Å²) in [7, 11) is 0. The van der Waals surface area contributed by atoms with Crippen molar-refractivity contribution in [1.29, 1.82) is 0 Å². The number of para-hydroxylation sites is 1. The third-order valence-electron chi connectivity index (χ3n) is 5.34. The second-order valence-electron chi connectivity index (χ2n) is 8.05. The van der Waals surface area contributed by atoms with Gasteiger partial charge in [-0.1, -0.05) is 78.1 Å². The highest BCUT2D eigenvalue weighted by molar-refractivity contribution is 8.01. The number of fused-ring (bicyclic) bond motifs is 1. The number of nitrogens with two attached hydrogens (primary N) is 1. The Labute approximate surface area is 213 Å². The third-order valence-corrected chi connectivity index (χ3v) is 7.52. The molecular weight excluding hydrogens is 476 g/mol. The Morgan fingerprint density at radius 3 is 2.51 bits per heavy atom. The summed E-state index contributed by atoms with van der Waals surface area (Å²) in [5, 5.41) is 7.58. The van der Waals surface area contributed by atoms with E-state index < -0.39 is 4.99 Å². The minimum absolute atomic E-state index is 0.482. The maximum Gasteiger partial charge on any atom is 0.191 e. The van der Waals surface area contributed by atoms with E-state index in [0.29, 0.717) is 24.7 Å². The van der Waals surface area contributed by atoms with Crippen LogP contribution in [0.25, 0.3) is 0 Å². The average molecular weight is 503 g/mol. The van der Waals surface area contributed by atoms with Gasteiger partial charge in [-0.3, -0.25) is 10.7 Å². The molecule has 1 aliphatic rings. The summed E-state index contributed by atoms with van der Waals surface area (Å²) in [6.45, 7) is 1.09. The molecule has 0 fully saturated rings. The van der Waals surface area contributed by atoms with Crippen LogP contribution in [-0.4, -0.2) is 26.6 Å². The molecule has 0 aliphatic carbocycles. The minimum atomic E-state index is -0.737. The van der Waals surface area contributed by atoms with E-state index in [1.807, 2.05) is 66.9 Å². The lowest BCUT2D eigenvalue weighted by Gasteiger charge is -2.23. The smallest absolute Gasteiger partial charge is 0.191 e. The van der Waals surface area contributed by atoms with Gasteiger partial charge in [-0.15, -0.1) is 0 Å². The average Bonchev–Trinajstić information content (AvgIpc) is 3.24. The molecule has 0 saturated heterocycles. The van der Waals surface area contributed by atoms with E-state index in [9.17, 15) is 0 Å². The molecule has 1 unspecified atom stereocenters. The Balaban J connectivity index is 1.31. The highest BCUT2D eigenvalue weighted by Gasteiger charge is 2.37. The minimum Gasteiger partial charge on any atom is -0.493 e. The number of nitrogens with one attached hydrogen (secondary N) is 2. The van der Waals surface area contributed by atoms with Crippen molar-refractivity contribution < 1.29 is 4.74 Å². The fourth-order valence-electron chi connectivity index (χ4n) is 3.57. The highest BCUT2D eigenvalue weighted by Crippen LogP contribution is 2.47. The molecule has 1 atom stereocenters. The number of pyridine rings is 1. The SMILES string of the molecule is NC1(CCOc2ccccc2)Nc2nc(SCc3ccccc3)nc(NCc3cccnc3)c2S1. The Morgan fingerprint density at radius 2 is 1.74 bits per heavy atom. The molecule has 9 heteroatoms. The van der Waals surface area contributed by atoms with Crippen LogP contribution in [0.1, 0.15) is 17.5 Å². The van der Waals surface area contributed by atoms with Crippen LogP contribution in [-0.2, 0) is 12.3 Å². The van der Waals surface area contributed by atoms with E-state index >= 15 is 0 Å². The molecular formula is C26H26N6OS2. The topological polar surface area (TPSA) is 98.0 Å². The van der Waals surface area contributed by atoms with Crippen molar-refractivity contribution in [2.75, 3.05) is 17.2 Å². The largest absolute Gasteiger partial charge is 0.493 e. The quantitative estimate of drug-likeness (QED) is 0.195. The van der Waals surface area contributed by atoms with Gasteiger partial charge in [-0.05, 0) is 29.3 Å². The standard InChI is InChI=1S/C26H26N6OS2/c27-26(13-15-33-21-11-5-2-6-12-21)32-24-22(35-26)23(29-17-20-10-7-14-28-16-20)30-25(31-24)34-18-19-8-3-1-4-9-19/h1-12,14,16H,13,15,17-18,27H2,(H2,29,30,31,32). The lowest BCUT2D eigenvalue weighted by atomic mass is 10.2. The van der Waals surface area contributed by atoms with Gasteiger partial charge in [0.1, 0.15) is 22.4 Å². The normalized spacial score (nSPS) is 16.4. The number of thioether (sulfide) groups is 2. The number of hydrogen-bond acceptors (Lipinski definition) is 9. The molecule has 2 aromatic carbocycles. The van der Waals surface area contributed by atoms with Crippen LogP contribution in [0.5, 0.6) is 5.75 Å². The van der Waals surface area contributed by atoms with E-state index in [0.717, 1.165) is 33.6 Å². The van der Waals surface area contributed by atoms with Crippen molar-refractivity contribution in [2.45, 2.75) is 33.8 Å². The van der Waals surface area contributed by atoms with E-state index in [1.54, 1.807) is 18.0 Å². The molecule has 0 saturated carbocycles. The summed E-state index contributed by atoms with van der Waals surface area (Å²) in [5.74, 6) is 3.13. The Kier molecular flexibility index (Phi) is 7.37. The second kappa shape index (κ2) is 11.0. The molecule has 4 aromatic rings. The van der Waals surface area contributed by atoms with E-state index in [1.165, 1.54) is 17.3 Å². The van der Waals surface area contributed by atoms with Gasteiger partial charge >= 0.3 is 0 Å². The molecule has 1 aliphatic heterocycles. The van der Waals surface area contributed by atoms with Gasteiger partial charge in [0.05, 0.1) is 11.5 Å². The first-order chi connectivity index (χ1) is 17.2. The molecule has 7 nitrogen and oxygen atoms in total. The summed E-state index contributed by atoms with van der Waals surface area (Å²) in [4.78, 5) is 14.0. The molecule has 0 amide bonds. The number of anilines is 2. The zero-order valence-corrected chi connectivity index (χ0v) is 20.7. The van der Waals surface area contributed by atoms with Gasteiger partial charge in [0.2, 0.25) is 0 Å². The fourth-order valence-corrected chi connectivity index (χ4v) is 5.47. The molecule has 178 valence electrons. The van der Waals surface area contributed by atoms with E-state index in [4.69, 9.17) is 20.4 Å². The van der Waals surface area contributed by atoms with Crippen LogP contribution in [0.4, 0.5) is 11.6 Å². The van der Waals surface area contributed by atoms with E-state index in [-0.39, 0.29) is 0 Å². The van der Waals surface area contributed by atoms with Crippen LogP contribution in [0.15, 0.2) is 95.2 Å². The van der Waals surface area contributed by atoms with Gasteiger partial charge < -0.3 is 15.4 Å². The Bertz CT molecular complexity index is 1250. The number of rotatable bonds is 10. The number of benzene rings is 2. The lowest BCUT2D eigenvalue weighted by Crippen LogP contribution is -2.42. The molecule has 3 heterocycles. The maximum atomic E-state index is 6.72. The third kappa shape index (κ3) is 6.25. The first-order valence-electron chi connectivity index (χ1n) is 11.3. The van der Waals surface area contributed by atoms with E-state index in [2.05, 4.69) is 27.8 Å². The number of aromatic nitrogens is 3. The van der Waals surface area contributed by atoms with Crippen molar-refractivity contribution in [3.63, 3.8) is 0 Å². The number of hydrogen-bond donors (Lipinski definition) is 3. The number of nitrogens with zero attached hydrogens (tertiary/aromatic N) is 3. The van der Waals surface area contributed by atoms with Crippen LogP contribution >= 0.6 is 23.5 Å². The molecule has 0 spiro atoms. The van der Waals surface area contributed by atoms with Gasteiger partial charge in [0, 0.05) is 31.1 Å². The van der Waals surface area contributed by atoms with Crippen LogP contribution in [0.3, 0.4) is 0 Å². The summed E-state index contributed by atoms with van der Waals surface area (Å²) >= 11 is 3.13. The maximum absolute atomic E-state index is 6.72. The Hall–Kier alpha value is -3.27. The fraction of sp³-hybridized carbons (Fsp3) is 0.192. The van der Waals surface area contributed by atoms with Crippen molar-refractivity contribution in [3.8, 4) is 5.75 Å². The first kappa shape index (κ1) is 23.5.